The van der Waals surface area contributed by atoms with Gasteiger partial charge < -0.3 is 9.84 Å². The molecule has 16 heavy (non-hydrogen) atoms. The third kappa shape index (κ3) is 2.55. The molecule has 92 valence electrons. The summed E-state index contributed by atoms with van der Waals surface area (Å²) in [6, 6.07) is 0.933. The van der Waals surface area contributed by atoms with Crippen molar-refractivity contribution in [3.8, 4) is 0 Å². The van der Waals surface area contributed by atoms with Crippen molar-refractivity contribution in [1.29, 1.82) is 0 Å². The summed E-state index contributed by atoms with van der Waals surface area (Å²) in [6.07, 6.45) is 7.19. The summed E-state index contributed by atoms with van der Waals surface area (Å²) < 4.78 is 5.26. The van der Waals surface area contributed by atoms with E-state index >= 15 is 0 Å². The summed E-state index contributed by atoms with van der Waals surface area (Å²) >= 11 is 0. The Kier molecular flexibility index (Phi) is 3.82. The fourth-order valence-electron chi connectivity index (χ4n) is 2.95. The summed E-state index contributed by atoms with van der Waals surface area (Å²) in [5.41, 5.74) is 0. The Balaban J connectivity index is 1.89. The minimum atomic E-state index is -0.701. The van der Waals surface area contributed by atoms with Crippen molar-refractivity contribution in [1.82, 2.24) is 4.90 Å². The molecule has 0 aromatic heterocycles. The van der Waals surface area contributed by atoms with Gasteiger partial charge in [0, 0.05) is 19.2 Å². The fraction of sp³-hybridized carbons (Fsp3) is 0.917. The summed E-state index contributed by atoms with van der Waals surface area (Å²) in [5, 5.41) is 8.96. The molecule has 0 aromatic carbocycles. The SMILES string of the molecule is COC1CC(N(CC(=O)O)C2CCCC2)C1. The van der Waals surface area contributed by atoms with E-state index in [2.05, 4.69) is 4.90 Å². The molecular formula is C12H21NO3. The summed E-state index contributed by atoms with van der Waals surface area (Å²) in [5.74, 6) is -0.701. The van der Waals surface area contributed by atoms with E-state index in [9.17, 15) is 4.79 Å². The number of aliphatic carboxylic acids is 1. The van der Waals surface area contributed by atoms with Crippen LogP contribution in [0.5, 0.6) is 0 Å². The second-order valence-electron chi connectivity index (χ2n) is 4.99. The van der Waals surface area contributed by atoms with Gasteiger partial charge in [0.1, 0.15) is 0 Å². The number of hydrogen-bond acceptors (Lipinski definition) is 3. The minimum absolute atomic E-state index is 0.200. The van der Waals surface area contributed by atoms with Gasteiger partial charge in [-0.1, -0.05) is 12.8 Å². The number of hydrogen-bond donors (Lipinski definition) is 1. The van der Waals surface area contributed by atoms with Crippen LogP contribution in [0.3, 0.4) is 0 Å². The van der Waals surface area contributed by atoms with Gasteiger partial charge >= 0.3 is 5.97 Å². The van der Waals surface area contributed by atoms with Crippen LogP contribution in [0.2, 0.25) is 0 Å². The standard InChI is InChI=1S/C12H21NO3/c1-16-11-6-10(7-11)13(8-12(14)15)9-4-2-3-5-9/h9-11H,2-8H2,1H3,(H,14,15). The van der Waals surface area contributed by atoms with E-state index in [-0.39, 0.29) is 6.54 Å². The molecule has 0 radical (unpaired) electrons. The van der Waals surface area contributed by atoms with Crippen molar-refractivity contribution in [3.63, 3.8) is 0 Å². The number of ether oxygens (including phenoxy) is 1. The Morgan fingerprint density at radius 1 is 1.31 bits per heavy atom. The second kappa shape index (κ2) is 5.15. The van der Waals surface area contributed by atoms with Crippen molar-refractivity contribution >= 4 is 5.97 Å². The van der Waals surface area contributed by atoms with E-state index in [1.165, 1.54) is 25.7 Å². The third-order valence-corrected chi connectivity index (χ3v) is 3.98. The molecule has 2 rings (SSSR count). The molecule has 0 atom stereocenters. The van der Waals surface area contributed by atoms with E-state index in [0.29, 0.717) is 18.2 Å². The van der Waals surface area contributed by atoms with Gasteiger partial charge in [-0.25, -0.2) is 0 Å². The number of rotatable bonds is 5. The van der Waals surface area contributed by atoms with Gasteiger partial charge in [0.15, 0.2) is 0 Å². The van der Waals surface area contributed by atoms with Crippen molar-refractivity contribution < 1.29 is 14.6 Å². The molecule has 1 N–H and O–H groups in total. The van der Waals surface area contributed by atoms with E-state index in [1.807, 2.05) is 0 Å². The van der Waals surface area contributed by atoms with Crippen molar-refractivity contribution in [2.75, 3.05) is 13.7 Å². The predicted octanol–water partition coefficient (Wildman–Crippen LogP) is 1.49. The first-order chi connectivity index (χ1) is 7.70. The van der Waals surface area contributed by atoms with E-state index in [4.69, 9.17) is 9.84 Å². The highest BCUT2D eigenvalue weighted by atomic mass is 16.5. The summed E-state index contributed by atoms with van der Waals surface area (Å²) in [4.78, 5) is 13.1. The number of nitrogens with zero attached hydrogens (tertiary/aromatic N) is 1. The molecule has 2 fully saturated rings. The molecule has 0 aliphatic heterocycles. The van der Waals surface area contributed by atoms with Crippen LogP contribution in [0.4, 0.5) is 0 Å². The van der Waals surface area contributed by atoms with E-state index in [0.717, 1.165) is 12.8 Å². The second-order valence-corrected chi connectivity index (χ2v) is 4.99. The molecule has 2 aliphatic rings. The molecule has 0 aromatic rings. The van der Waals surface area contributed by atoms with Gasteiger partial charge in [-0.3, -0.25) is 9.69 Å². The molecule has 0 bridgehead atoms. The largest absolute Gasteiger partial charge is 0.480 e. The molecule has 2 saturated carbocycles. The normalized spacial score (nSPS) is 30.6. The lowest BCUT2D eigenvalue weighted by atomic mass is 9.86. The average molecular weight is 227 g/mol. The molecule has 0 amide bonds. The summed E-state index contributed by atoms with van der Waals surface area (Å²) in [6.45, 7) is 0.200. The highest BCUT2D eigenvalue weighted by Gasteiger charge is 2.38. The summed E-state index contributed by atoms with van der Waals surface area (Å²) in [7, 11) is 1.73. The monoisotopic (exact) mass is 227 g/mol. The van der Waals surface area contributed by atoms with Crippen molar-refractivity contribution in [2.45, 2.75) is 56.7 Å². The first kappa shape index (κ1) is 11.9. The van der Waals surface area contributed by atoms with Crippen LogP contribution in [0.25, 0.3) is 0 Å². The van der Waals surface area contributed by atoms with Crippen LogP contribution in [-0.2, 0) is 9.53 Å². The maximum absolute atomic E-state index is 10.9. The van der Waals surface area contributed by atoms with Crippen molar-refractivity contribution in [2.24, 2.45) is 0 Å². The van der Waals surface area contributed by atoms with Crippen LogP contribution in [0, 0.1) is 0 Å². The van der Waals surface area contributed by atoms with Gasteiger partial charge in [0.05, 0.1) is 12.6 Å². The van der Waals surface area contributed by atoms with Crippen LogP contribution in [-0.4, -0.2) is 47.8 Å². The fourth-order valence-corrected chi connectivity index (χ4v) is 2.95. The molecule has 4 nitrogen and oxygen atoms in total. The molecule has 2 aliphatic carbocycles. The van der Waals surface area contributed by atoms with Crippen molar-refractivity contribution in [3.05, 3.63) is 0 Å². The van der Waals surface area contributed by atoms with Gasteiger partial charge in [0.2, 0.25) is 0 Å². The highest BCUT2D eigenvalue weighted by molar-refractivity contribution is 5.69. The van der Waals surface area contributed by atoms with E-state index in [1.54, 1.807) is 7.11 Å². The number of methoxy groups -OCH3 is 1. The Labute approximate surface area is 96.6 Å². The maximum atomic E-state index is 10.9. The Bertz CT molecular complexity index is 245. The molecule has 4 heteroatoms. The topological polar surface area (TPSA) is 49.8 Å². The zero-order chi connectivity index (χ0) is 11.5. The quantitative estimate of drug-likeness (QED) is 0.773. The third-order valence-electron chi connectivity index (χ3n) is 3.98. The highest BCUT2D eigenvalue weighted by Crippen LogP contribution is 2.33. The number of carboxylic acids is 1. The lowest BCUT2D eigenvalue weighted by Gasteiger charge is -2.44. The Hall–Kier alpha value is -0.610. The van der Waals surface area contributed by atoms with Gasteiger partial charge in [-0.05, 0) is 25.7 Å². The number of carboxylic acid groups (broad SMARTS) is 1. The number of carbonyl (C=O) groups is 1. The molecular weight excluding hydrogens is 206 g/mol. The van der Waals surface area contributed by atoms with Gasteiger partial charge in [0.25, 0.3) is 0 Å². The molecule has 0 spiro atoms. The minimum Gasteiger partial charge on any atom is -0.480 e. The smallest absolute Gasteiger partial charge is 0.317 e. The van der Waals surface area contributed by atoms with Gasteiger partial charge in [-0.2, -0.15) is 0 Å². The maximum Gasteiger partial charge on any atom is 0.317 e. The lowest BCUT2D eigenvalue weighted by molar-refractivity contribution is -0.141. The first-order valence-corrected chi connectivity index (χ1v) is 6.21. The predicted molar refractivity (Wildman–Crippen MR) is 60.4 cm³/mol. The van der Waals surface area contributed by atoms with E-state index < -0.39 is 5.97 Å². The zero-order valence-corrected chi connectivity index (χ0v) is 9.89. The van der Waals surface area contributed by atoms with Crippen LogP contribution in [0.1, 0.15) is 38.5 Å². The Morgan fingerprint density at radius 3 is 2.44 bits per heavy atom. The van der Waals surface area contributed by atoms with Crippen LogP contribution >= 0.6 is 0 Å². The van der Waals surface area contributed by atoms with Crippen LogP contribution < -0.4 is 0 Å². The lowest BCUT2D eigenvalue weighted by Crippen LogP contribution is -2.53. The first-order valence-electron chi connectivity index (χ1n) is 6.21. The van der Waals surface area contributed by atoms with Crippen LogP contribution in [0.15, 0.2) is 0 Å². The zero-order valence-electron chi connectivity index (χ0n) is 9.89. The van der Waals surface area contributed by atoms with Gasteiger partial charge in [-0.15, -0.1) is 0 Å². The average Bonchev–Trinajstić information content (AvgIpc) is 2.66. The molecule has 0 saturated heterocycles. The molecule has 0 unspecified atom stereocenters. The molecule has 0 heterocycles. The Morgan fingerprint density at radius 2 is 1.94 bits per heavy atom.